The number of nitrogens with zero attached hydrogens (tertiary/aromatic N) is 3. The van der Waals surface area contributed by atoms with E-state index >= 15 is 0 Å². The number of hydrogen-bond acceptors (Lipinski definition) is 3. The van der Waals surface area contributed by atoms with Gasteiger partial charge in [-0.15, -0.1) is 0 Å². The summed E-state index contributed by atoms with van der Waals surface area (Å²) in [7, 11) is 0. The maximum absolute atomic E-state index is 13.4. The number of hydrogen-bond donors (Lipinski definition) is 0. The molecule has 0 N–H and O–H groups in total. The summed E-state index contributed by atoms with van der Waals surface area (Å²) in [6.45, 7) is 3.59. The van der Waals surface area contributed by atoms with Crippen molar-refractivity contribution in [3.05, 3.63) is 95.6 Å². The van der Waals surface area contributed by atoms with E-state index in [9.17, 15) is 9.59 Å². The van der Waals surface area contributed by atoms with Crippen molar-refractivity contribution in [2.24, 2.45) is 0 Å². The first-order chi connectivity index (χ1) is 15.0. The Morgan fingerprint density at radius 1 is 0.968 bits per heavy atom. The topological polar surface area (TPSA) is 64.4 Å². The van der Waals surface area contributed by atoms with Gasteiger partial charge in [0.05, 0.1) is 17.7 Å². The fourth-order valence-corrected chi connectivity index (χ4v) is 4.33. The first-order valence-electron chi connectivity index (χ1n) is 10.3. The van der Waals surface area contributed by atoms with Gasteiger partial charge in [-0.1, -0.05) is 36.4 Å². The largest absolute Gasteiger partial charge is 0.305 e. The van der Waals surface area contributed by atoms with Gasteiger partial charge in [-0.2, -0.15) is 5.26 Å². The van der Waals surface area contributed by atoms with Crippen LogP contribution in [0.5, 0.6) is 0 Å². The van der Waals surface area contributed by atoms with Crippen molar-refractivity contribution in [3.8, 4) is 6.07 Å². The molecule has 154 valence electrons. The molecule has 31 heavy (non-hydrogen) atoms. The molecule has 4 rings (SSSR count). The van der Waals surface area contributed by atoms with E-state index in [2.05, 4.69) is 6.07 Å². The van der Waals surface area contributed by atoms with Crippen LogP contribution in [0.2, 0.25) is 0 Å². The van der Waals surface area contributed by atoms with E-state index in [-0.39, 0.29) is 23.9 Å². The molecule has 0 aliphatic carbocycles. The molecule has 2 amide bonds. The molecular formula is C26H23N3O2. The zero-order valence-electron chi connectivity index (χ0n) is 17.5. The Labute approximate surface area is 182 Å². The third kappa shape index (κ3) is 3.80. The van der Waals surface area contributed by atoms with Crippen LogP contribution in [-0.4, -0.2) is 17.9 Å². The molecule has 2 unspecified atom stereocenters. The highest BCUT2D eigenvalue weighted by Gasteiger charge is 2.38. The number of para-hydroxylation sites is 2. The number of rotatable bonds is 3. The quantitative estimate of drug-likeness (QED) is 0.605. The molecule has 5 nitrogen and oxygen atoms in total. The Balaban J connectivity index is 1.76. The Bertz CT molecular complexity index is 1150. The summed E-state index contributed by atoms with van der Waals surface area (Å²) < 4.78 is 0. The molecule has 1 heterocycles. The average molecular weight is 409 g/mol. The number of fused-ring (bicyclic) bond motifs is 1. The molecule has 0 spiro atoms. The van der Waals surface area contributed by atoms with Crippen molar-refractivity contribution < 1.29 is 9.59 Å². The summed E-state index contributed by atoms with van der Waals surface area (Å²) in [6, 6.07) is 25.9. The molecule has 0 bridgehead atoms. The van der Waals surface area contributed by atoms with Gasteiger partial charge in [-0.3, -0.25) is 9.59 Å². The van der Waals surface area contributed by atoms with Crippen LogP contribution in [0.25, 0.3) is 0 Å². The molecule has 0 fully saturated rings. The summed E-state index contributed by atoms with van der Waals surface area (Å²) in [6.07, 6.45) is 0.619. The van der Waals surface area contributed by atoms with E-state index in [0.29, 0.717) is 17.5 Å². The molecule has 5 heteroatoms. The third-order valence-corrected chi connectivity index (χ3v) is 5.73. The molecule has 3 aromatic rings. The van der Waals surface area contributed by atoms with Crippen molar-refractivity contribution in [2.45, 2.75) is 32.4 Å². The summed E-state index contributed by atoms with van der Waals surface area (Å²) in [5, 5.41) is 9.03. The van der Waals surface area contributed by atoms with Crippen LogP contribution < -0.4 is 9.80 Å². The monoisotopic (exact) mass is 409 g/mol. The van der Waals surface area contributed by atoms with Gasteiger partial charge < -0.3 is 9.80 Å². The van der Waals surface area contributed by atoms with Crippen LogP contribution in [0.3, 0.4) is 0 Å². The molecule has 0 aromatic heterocycles. The fraction of sp³-hybridized carbons (Fsp3) is 0.192. The molecule has 2 atom stereocenters. The molecule has 0 saturated carbocycles. The summed E-state index contributed by atoms with van der Waals surface area (Å²) in [4.78, 5) is 29.7. The molecule has 0 saturated heterocycles. The van der Waals surface area contributed by atoms with Gasteiger partial charge in [0, 0.05) is 29.9 Å². The zero-order chi connectivity index (χ0) is 22.0. The highest BCUT2D eigenvalue weighted by Crippen LogP contribution is 2.42. The maximum atomic E-state index is 13.4. The van der Waals surface area contributed by atoms with E-state index in [1.54, 1.807) is 36.1 Å². The smallest absolute Gasteiger partial charge is 0.258 e. The van der Waals surface area contributed by atoms with Crippen LogP contribution in [0, 0.1) is 11.3 Å². The predicted octanol–water partition coefficient (Wildman–Crippen LogP) is 5.09. The Morgan fingerprint density at radius 3 is 2.26 bits per heavy atom. The molecule has 3 aromatic carbocycles. The molecule has 1 aliphatic rings. The van der Waals surface area contributed by atoms with Gasteiger partial charge in [0.15, 0.2) is 0 Å². The van der Waals surface area contributed by atoms with Crippen LogP contribution in [0.4, 0.5) is 11.4 Å². The lowest BCUT2D eigenvalue weighted by atomic mass is 9.89. The molecule has 0 radical (unpaired) electrons. The lowest BCUT2D eigenvalue weighted by molar-refractivity contribution is -0.117. The second-order valence-electron chi connectivity index (χ2n) is 7.75. The van der Waals surface area contributed by atoms with Crippen molar-refractivity contribution in [2.75, 3.05) is 9.80 Å². The van der Waals surface area contributed by atoms with Gasteiger partial charge in [0.25, 0.3) is 5.91 Å². The summed E-state index contributed by atoms with van der Waals surface area (Å²) in [5.41, 5.74) is 3.65. The Hall–Kier alpha value is -3.91. The van der Waals surface area contributed by atoms with Crippen molar-refractivity contribution in [1.82, 2.24) is 0 Å². The van der Waals surface area contributed by atoms with Crippen LogP contribution in [-0.2, 0) is 4.79 Å². The zero-order valence-corrected chi connectivity index (χ0v) is 17.5. The number of amides is 2. The van der Waals surface area contributed by atoms with Crippen LogP contribution in [0.1, 0.15) is 47.8 Å². The standard InChI is InChI=1S/C26H23N3O2/c1-18-16-25(29(19(2)30)22-8-4-3-5-9-22)23-10-6-7-11-24(23)28(18)26(31)21-14-12-20(17-27)13-15-21/h3-15,18,25H,16H2,1-2H3. The highest BCUT2D eigenvalue weighted by molar-refractivity contribution is 6.07. The second-order valence-corrected chi connectivity index (χ2v) is 7.75. The molecular weight excluding hydrogens is 386 g/mol. The third-order valence-electron chi connectivity index (χ3n) is 5.73. The fourth-order valence-electron chi connectivity index (χ4n) is 4.33. The van der Waals surface area contributed by atoms with E-state index in [0.717, 1.165) is 16.9 Å². The van der Waals surface area contributed by atoms with Gasteiger partial charge in [-0.05, 0) is 61.4 Å². The van der Waals surface area contributed by atoms with E-state index < -0.39 is 0 Å². The highest BCUT2D eigenvalue weighted by atomic mass is 16.2. The molecule has 1 aliphatic heterocycles. The second kappa shape index (κ2) is 8.45. The van der Waals surface area contributed by atoms with Gasteiger partial charge in [0.2, 0.25) is 5.91 Å². The lowest BCUT2D eigenvalue weighted by Gasteiger charge is -2.43. The summed E-state index contributed by atoms with van der Waals surface area (Å²) >= 11 is 0. The minimum Gasteiger partial charge on any atom is -0.305 e. The van der Waals surface area contributed by atoms with Gasteiger partial charge in [-0.25, -0.2) is 0 Å². The predicted molar refractivity (Wildman–Crippen MR) is 121 cm³/mol. The van der Waals surface area contributed by atoms with E-state index in [1.807, 2.05) is 66.4 Å². The maximum Gasteiger partial charge on any atom is 0.258 e. The van der Waals surface area contributed by atoms with E-state index in [4.69, 9.17) is 5.26 Å². The number of nitriles is 1. The number of benzene rings is 3. The number of carbonyl (C=O) groups is 2. The minimum absolute atomic E-state index is 0.0370. The van der Waals surface area contributed by atoms with Crippen LogP contribution in [0.15, 0.2) is 78.9 Å². The van der Waals surface area contributed by atoms with Crippen molar-refractivity contribution in [1.29, 1.82) is 5.26 Å². The van der Waals surface area contributed by atoms with Gasteiger partial charge >= 0.3 is 0 Å². The lowest BCUT2D eigenvalue weighted by Crippen LogP contribution is -2.47. The SMILES string of the molecule is CC(=O)N(c1ccccc1)C1CC(C)N(C(=O)c2ccc(C#N)cc2)c2ccccc21. The summed E-state index contributed by atoms with van der Waals surface area (Å²) in [5.74, 6) is -0.151. The van der Waals surface area contributed by atoms with Crippen molar-refractivity contribution in [3.63, 3.8) is 0 Å². The Kier molecular flexibility index (Phi) is 5.55. The van der Waals surface area contributed by atoms with E-state index in [1.165, 1.54) is 0 Å². The number of anilines is 2. The first kappa shape index (κ1) is 20.4. The number of carbonyl (C=O) groups excluding carboxylic acids is 2. The minimum atomic E-state index is -0.170. The van der Waals surface area contributed by atoms with Crippen molar-refractivity contribution >= 4 is 23.2 Å². The first-order valence-corrected chi connectivity index (χ1v) is 10.3. The van der Waals surface area contributed by atoms with Crippen LogP contribution >= 0.6 is 0 Å². The normalized spacial score (nSPS) is 17.4. The average Bonchev–Trinajstić information content (AvgIpc) is 2.79. The van der Waals surface area contributed by atoms with Gasteiger partial charge in [0.1, 0.15) is 0 Å². The Morgan fingerprint density at radius 2 is 1.61 bits per heavy atom.